The minimum absolute atomic E-state index is 0.217. The highest BCUT2D eigenvalue weighted by Crippen LogP contribution is 2.29. The van der Waals surface area contributed by atoms with Crippen molar-refractivity contribution in [3.05, 3.63) is 37.6 Å². The van der Waals surface area contributed by atoms with Gasteiger partial charge in [0.2, 0.25) is 0 Å². The highest BCUT2D eigenvalue weighted by molar-refractivity contribution is 9.11. The Morgan fingerprint density at radius 3 is 2.65 bits per heavy atom. The van der Waals surface area contributed by atoms with E-state index < -0.39 is 35.8 Å². The topological polar surface area (TPSA) is 105 Å². The zero-order chi connectivity index (χ0) is 14.9. The van der Waals surface area contributed by atoms with Crippen molar-refractivity contribution >= 4 is 37.9 Å². The number of alkyl halides is 1. The SMILES string of the molecule is O=c1[nH]c(=O)n([C@@H]2O[C@H](CBr)[C@@H](O)[C@H]2O)cc1/C=C/Br. The number of aromatic amines is 1. The van der Waals surface area contributed by atoms with Crippen LogP contribution in [0.4, 0.5) is 0 Å². The van der Waals surface area contributed by atoms with Gasteiger partial charge in [0.15, 0.2) is 6.23 Å². The number of halogens is 2. The molecule has 0 radical (unpaired) electrons. The van der Waals surface area contributed by atoms with Crippen LogP contribution in [0.2, 0.25) is 0 Å². The molecule has 4 atom stereocenters. The molecule has 7 nitrogen and oxygen atoms in total. The number of nitrogens with zero attached hydrogens (tertiary/aromatic N) is 1. The van der Waals surface area contributed by atoms with E-state index in [-0.39, 0.29) is 5.56 Å². The van der Waals surface area contributed by atoms with E-state index >= 15 is 0 Å². The average molecular weight is 412 g/mol. The molecule has 1 aromatic heterocycles. The predicted octanol–water partition coefficient (Wildman–Crippen LogP) is -0.0837. The predicted molar refractivity (Wildman–Crippen MR) is 79.0 cm³/mol. The Balaban J connectivity index is 2.46. The molecule has 1 fully saturated rings. The van der Waals surface area contributed by atoms with E-state index in [1.54, 1.807) is 0 Å². The Bertz CT molecular complexity index is 626. The number of H-pyrrole nitrogens is 1. The first-order valence-electron chi connectivity index (χ1n) is 5.69. The third kappa shape index (κ3) is 2.82. The van der Waals surface area contributed by atoms with E-state index in [0.717, 1.165) is 4.57 Å². The van der Waals surface area contributed by atoms with Crippen molar-refractivity contribution in [3.63, 3.8) is 0 Å². The zero-order valence-corrected chi connectivity index (χ0v) is 13.2. The number of ether oxygens (including phenoxy) is 1. The van der Waals surface area contributed by atoms with Crippen LogP contribution < -0.4 is 11.2 Å². The first-order chi connectivity index (χ1) is 9.49. The number of hydrogen-bond donors (Lipinski definition) is 3. The molecule has 2 heterocycles. The van der Waals surface area contributed by atoms with Gasteiger partial charge in [-0.15, -0.1) is 0 Å². The summed E-state index contributed by atoms with van der Waals surface area (Å²) >= 11 is 6.20. The number of nitrogens with one attached hydrogen (secondary N) is 1. The second-order valence-electron chi connectivity index (χ2n) is 4.24. The summed E-state index contributed by atoms with van der Waals surface area (Å²) in [5.74, 6) is 0. The summed E-state index contributed by atoms with van der Waals surface area (Å²) in [6.45, 7) is 0. The van der Waals surface area contributed by atoms with E-state index in [4.69, 9.17) is 4.74 Å². The van der Waals surface area contributed by atoms with Crippen LogP contribution in [-0.2, 0) is 4.74 Å². The van der Waals surface area contributed by atoms with Gasteiger partial charge in [-0.05, 0) is 11.1 Å². The number of aromatic nitrogens is 2. The molecule has 3 N–H and O–H groups in total. The van der Waals surface area contributed by atoms with Crippen LogP contribution in [0.5, 0.6) is 0 Å². The van der Waals surface area contributed by atoms with E-state index in [1.807, 2.05) is 0 Å². The van der Waals surface area contributed by atoms with Crippen molar-refractivity contribution in [3.8, 4) is 0 Å². The molecule has 0 amide bonds. The molecule has 1 aliphatic rings. The smallest absolute Gasteiger partial charge is 0.330 e. The first kappa shape index (κ1) is 15.6. The minimum Gasteiger partial charge on any atom is -0.387 e. The maximum atomic E-state index is 11.8. The molecular weight excluding hydrogens is 400 g/mol. The summed E-state index contributed by atoms with van der Waals surface area (Å²) in [7, 11) is 0. The van der Waals surface area contributed by atoms with E-state index in [2.05, 4.69) is 36.8 Å². The molecule has 1 saturated heterocycles. The van der Waals surface area contributed by atoms with E-state index in [9.17, 15) is 19.8 Å². The molecule has 0 saturated carbocycles. The van der Waals surface area contributed by atoms with Crippen LogP contribution in [0.1, 0.15) is 11.8 Å². The number of aliphatic hydroxyl groups excluding tert-OH is 2. The standard InChI is InChI=1S/C11H12Br2N2O5/c12-2-1-5-4-15(11(19)14-9(5)18)10-8(17)7(16)6(3-13)20-10/h1-2,4,6-8,10,16-17H,3H2,(H,14,18,19)/b2-1+/t6-,7-,8-,10-/m1/s1. The maximum absolute atomic E-state index is 11.8. The van der Waals surface area contributed by atoms with Crippen molar-refractivity contribution in [1.82, 2.24) is 9.55 Å². The molecule has 0 aliphatic carbocycles. The fourth-order valence-corrected chi connectivity index (χ4v) is 2.78. The fraction of sp³-hybridized carbons (Fsp3) is 0.455. The summed E-state index contributed by atoms with van der Waals surface area (Å²) in [5, 5.41) is 20.1. The van der Waals surface area contributed by atoms with Gasteiger partial charge in [-0.25, -0.2) is 4.79 Å². The second-order valence-corrected chi connectivity index (χ2v) is 5.42. The Morgan fingerprint density at radius 1 is 1.40 bits per heavy atom. The summed E-state index contributed by atoms with van der Waals surface area (Å²) in [6, 6.07) is 0. The molecule has 0 aromatic carbocycles. The van der Waals surface area contributed by atoms with Crippen LogP contribution in [-0.4, -0.2) is 43.4 Å². The van der Waals surface area contributed by atoms with Gasteiger partial charge in [0.05, 0.1) is 11.7 Å². The van der Waals surface area contributed by atoms with Gasteiger partial charge >= 0.3 is 5.69 Å². The van der Waals surface area contributed by atoms with Crippen molar-refractivity contribution in [2.24, 2.45) is 0 Å². The Labute approximate surface area is 130 Å². The molecular formula is C11H12Br2N2O5. The van der Waals surface area contributed by atoms with Crippen molar-refractivity contribution < 1.29 is 14.9 Å². The molecule has 0 spiro atoms. The Morgan fingerprint density at radius 2 is 2.10 bits per heavy atom. The highest BCUT2D eigenvalue weighted by atomic mass is 79.9. The van der Waals surface area contributed by atoms with Crippen molar-refractivity contribution in [2.75, 3.05) is 5.33 Å². The normalized spacial score (nSPS) is 30.2. The molecule has 0 unspecified atom stereocenters. The summed E-state index contributed by atoms with van der Waals surface area (Å²) in [4.78, 5) is 27.0. The van der Waals surface area contributed by atoms with Gasteiger partial charge in [0.1, 0.15) is 12.2 Å². The maximum Gasteiger partial charge on any atom is 0.330 e. The number of aliphatic hydroxyl groups is 2. The van der Waals surface area contributed by atoms with Crippen molar-refractivity contribution in [1.29, 1.82) is 0 Å². The van der Waals surface area contributed by atoms with Crippen molar-refractivity contribution in [2.45, 2.75) is 24.5 Å². The van der Waals surface area contributed by atoms with Crippen LogP contribution in [0.25, 0.3) is 6.08 Å². The van der Waals surface area contributed by atoms with Gasteiger partial charge in [0, 0.05) is 11.5 Å². The van der Waals surface area contributed by atoms with Crippen LogP contribution >= 0.6 is 31.9 Å². The van der Waals surface area contributed by atoms with E-state index in [0.29, 0.717) is 5.33 Å². The summed E-state index contributed by atoms with van der Waals surface area (Å²) in [5.41, 5.74) is -1.05. The lowest BCUT2D eigenvalue weighted by molar-refractivity contribution is -0.0338. The van der Waals surface area contributed by atoms with E-state index in [1.165, 1.54) is 17.3 Å². The second kappa shape index (κ2) is 6.35. The largest absolute Gasteiger partial charge is 0.387 e. The lowest BCUT2D eigenvalue weighted by atomic mass is 10.1. The third-order valence-electron chi connectivity index (χ3n) is 3.00. The molecule has 2 rings (SSSR count). The zero-order valence-electron chi connectivity index (χ0n) is 10.1. The molecule has 1 aliphatic heterocycles. The monoisotopic (exact) mass is 410 g/mol. The molecule has 110 valence electrons. The van der Waals surface area contributed by atoms with Gasteiger partial charge in [0.25, 0.3) is 5.56 Å². The highest BCUT2D eigenvalue weighted by Gasteiger charge is 2.43. The number of hydrogen-bond acceptors (Lipinski definition) is 5. The summed E-state index contributed by atoms with van der Waals surface area (Å²) < 4.78 is 6.49. The van der Waals surface area contributed by atoms with Gasteiger partial charge < -0.3 is 14.9 Å². The van der Waals surface area contributed by atoms with Crippen LogP contribution in [0, 0.1) is 0 Å². The lowest BCUT2D eigenvalue weighted by Crippen LogP contribution is -2.38. The Kier molecular flexibility index (Phi) is 4.97. The fourth-order valence-electron chi connectivity index (χ4n) is 1.96. The van der Waals surface area contributed by atoms with Gasteiger partial charge in [-0.2, -0.15) is 0 Å². The molecule has 0 bridgehead atoms. The van der Waals surface area contributed by atoms with Gasteiger partial charge in [-0.3, -0.25) is 14.3 Å². The molecule has 20 heavy (non-hydrogen) atoms. The first-order valence-corrected chi connectivity index (χ1v) is 7.73. The van der Waals surface area contributed by atoms with Gasteiger partial charge in [-0.1, -0.05) is 31.9 Å². The lowest BCUT2D eigenvalue weighted by Gasteiger charge is -2.17. The summed E-state index contributed by atoms with van der Waals surface area (Å²) in [6.07, 6.45) is -1.34. The van der Waals surface area contributed by atoms with Crippen LogP contribution in [0.15, 0.2) is 20.8 Å². The minimum atomic E-state index is -1.26. The molecule has 1 aromatic rings. The average Bonchev–Trinajstić information content (AvgIpc) is 2.70. The quantitative estimate of drug-likeness (QED) is 0.603. The Hall–Kier alpha value is -0.740. The number of rotatable bonds is 3. The third-order valence-corrected chi connectivity index (χ3v) is 3.90. The molecule has 9 heteroatoms. The van der Waals surface area contributed by atoms with Crippen LogP contribution in [0.3, 0.4) is 0 Å².